The molecule has 3 aromatic rings. The number of hydrogen-bond donors (Lipinski definition) is 2. The third-order valence-corrected chi connectivity index (χ3v) is 8.27. The monoisotopic (exact) mass is 446 g/mol. The maximum atomic E-state index is 13.2. The Labute approximate surface area is 178 Å². The smallest absolute Gasteiger partial charge is 0.286 e. The second-order valence-electron chi connectivity index (χ2n) is 7.23. The van der Waals surface area contributed by atoms with Gasteiger partial charge in [0, 0.05) is 24.7 Å². The summed E-state index contributed by atoms with van der Waals surface area (Å²) in [6.07, 6.45) is 1.51. The molecule has 2 N–H and O–H groups in total. The first-order valence-corrected chi connectivity index (χ1v) is 11.8. The molecule has 0 bridgehead atoms. The van der Waals surface area contributed by atoms with E-state index in [2.05, 4.69) is 25.7 Å². The average molecular weight is 447 g/mol. The summed E-state index contributed by atoms with van der Waals surface area (Å²) >= 11 is 1.21. The van der Waals surface area contributed by atoms with Crippen LogP contribution in [0.25, 0.3) is 0 Å². The van der Waals surface area contributed by atoms with Crippen molar-refractivity contribution in [2.45, 2.75) is 37.5 Å². The Morgan fingerprint density at radius 3 is 2.70 bits per heavy atom. The minimum absolute atomic E-state index is 0.100. The minimum Gasteiger partial charge on any atom is -0.320 e. The number of anilines is 1. The van der Waals surface area contributed by atoms with Crippen molar-refractivity contribution >= 4 is 33.0 Å². The van der Waals surface area contributed by atoms with E-state index in [-0.39, 0.29) is 21.7 Å². The normalized spacial score (nSPS) is 17.7. The van der Waals surface area contributed by atoms with Gasteiger partial charge in [0.05, 0.1) is 11.4 Å². The lowest BCUT2D eigenvalue weighted by atomic mass is 10.0. The fourth-order valence-corrected chi connectivity index (χ4v) is 6.33. The van der Waals surface area contributed by atoms with Gasteiger partial charge in [0.15, 0.2) is 0 Å². The van der Waals surface area contributed by atoms with Crippen LogP contribution in [0.5, 0.6) is 0 Å². The van der Waals surface area contributed by atoms with E-state index in [1.165, 1.54) is 15.6 Å². The van der Waals surface area contributed by atoms with Crippen LogP contribution in [0.4, 0.5) is 5.69 Å². The summed E-state index contributed by atoms with van der Waals surface area (Å²) in [5.74, 6) is -0.424. The van der Waals surface area contributed by atoms with Crippen LogP contribution in [-0.2, 0) is 10.0 Å². The van der Waals surface area contributed by atoms with Crippen LogP contribution in [0.1, 0.15) is 45.0 Å². The molecule has 1 atom stereocenters. The number of carbonyl (C=O) groups excluding carboxylic acids is 1. The second-order valence-corrected chi connectivity index (χ2v) is 10.1. The number of sulfonamides is 1. The number of nitrogens with zero attached hydrogens (tertiary/aromatic N) is 4. The molecule has 11 heteroatoms. The molecule has 2 aromatic heterocycles. The Balaban J connectivity index is 1.50. The molecule has 1 saturated heterocycles. The molecule has 3 heterocycles. The number of carbonyl (C=O) groups is 1. The number of aromatic amines is 1. The minimum atomic E-state index is -3.65. The second kappa shape index (κ2) is 8.25. The van der Waals surface area contributed by atoms with Gasteiger partial charge in [0.25, 0.3) is 5.91 Å². The number of benzene rings is 1. The SMILES string of the molecule is Cc1n[nH]c(C)c1S(=O)(=O)N1CCCC(c2nnc(C(=O)Nc3ccccc3)s2)C1. The topological polar surface area (TPSA) is 121 Å². The molecule has 4 rings (SSSR count). The molecule has 0 spiro atoms. The van der Waals surface area contributed by atoms with Gasteiger partial charge in [-0.3, -0.25) is 9.89 Å². The van der Waals surface area contributed by atoms with Gasteiger partial charge in [-0.2, -0.15) is 9.40 Å². The first-order valence-electron chi connectivity index (χ1n) is 9.58. The zero-order chi connectivity index (χ0) is 21.3. The molecule has 1 aromatic carbocycles. The van der Waals surface area contributed by atoms with Crippen LogP contribution in [0.2, 0.25) is 0 Å². The Morgan fingerprint density at radius 1 is 1.23 bits per heavy atom. The highest BCUT2D eigenvalue weighted by Crippen LogP contribution is 2.33. The summed E-state index contributed by atoms with van der Waals surface area (Å²) in [7, 11) is -3.65. The Morgan fingerprint density at radius 2 is 2.00 bits per heavy atom. The van der Waals surface area contributed by atoms with Crippen molar-refractivity contribution in [3.8, 4) is 0 Å². The lowest BCUT2D eigenvalue weighted by molar-refractivity contribution is 0.102. The number of rotatable bonds is 5. The van der Waals surface area contributed by atoms with Crippen LogP contribution in [0.15, 0.2) is 35.2 Å². The maximum Gasteiger partial charge on any atom is 0.286 e. The van der Waals surface area contributed by atoms with Crippen molar-refractivity contribution in [2.75, 3.05) is 18.4 Å². The lowest BCUT2D eigenvalue weighted by Gasteiger charge is -2.30. The molecule has 30 heavy (non-hydrogen) atoms. The number of amides is 1. The first-order chi connectivity index (χ1) is 14.4. The number of hydrogen-bond acceptors (Lipinski definition) is 7. The summed E-state index contributed by atoms with van der Waals surface area (Å²) in [5.41, 5.74) is 1.68. The highest BCUT2D eigenvalue weighted by molar-refractivity contribution is 7.89. The average Bonchev–Trinajstić information content (AvgIpc) is 3.36. The van der Waals surface area contributed by atoms with Crippen molar-refractivity contribution in [1.82, 2.24) is 24.7 Å². The van der Waals surface area contributed by atoms with Gasteiger partial charge in [0.1, 0.15) is 9.90 Å². The van der Waals surface area contributed by atoms with Crippen molar-refractivity contribution in [3.63, 3.8) is 0 Å². The molecule has 1 fully saturated rings. The van der Waals surface area contributed by atoms with Crippen LogP contribution in [0, 0.1) is 13.8 Å². The van der Waals surface area contributed by atoms with E-state index in [4.69, 9.17) is 0 Å². The van der Waals surface area contributed by atoms with Gasteiger partial charge in [-0.25, -0.2) is 8.42 Å². The Kier molecular flexibility index (Phi) is 5.67. The number of para-hydroxylation sites is 1. The summed E-state index contributed by atoms with van der Waals surface area (Å²) in [5, 5.41) is 18.7. The number of aromatic nitrogens is 4. The third kappa shape index (κ3) is 4.00. The van der Waals surface area contributed by atoms with E-state index in [0.29, 0.717) is 41.6 Å². The molecule has 1 unspecified atom stereocenters. The number of H-pyrrole nitrogens is 1. The molecule has 1 amide bonds. The van der Waals surface area contributed by atoms with E-state index in [9.17, 15) is 13.2 Å². The highest BCUT2D eigenvalue weighted by atomic mass is 32.2. The van der Waals surface area contributed by atoms with Crippen LogP contribution in [0.3, 0.4) is 0 Å². The van der Waals surface area contributed by atoms with E-state index < -0.39 is 10.0 Å². The fraction of sp³-hybridized carbons (Fsp3) is 0.368. The Hall–Kier alpha value is -2.63. The van der Waals surface area contributed by atoms with E-state index in [1.54, 1.807) is 26.0 Å². The molecule has 1 aliphatic rings. The van der Waals surface area contributed by atoms with Gasteiger partial charge in [-0.15, -0.1) is 10.2 Å². The highest BCUT2D eigenvalue weighted by Gasteiger charge is 2.35. The van der Waals surface area contributed by atoms with E-state index in [1.807, 2.05) is 18.2 Å². The molecular weight excluding hydrogens is 424 g/mol. The molecule has 0 saturated carbocycles. The summed E-state index contributed by atoms with van der Waals surface area (Å²) in [6.45, 7) is 4.14. The fourth-order valence-electron chi connectivity index (χ4n) is 3.61. The number of aryl methyl sites for hydroxylation is 2. The van der Waals surface area contributed by atoms with Gasteiger partial charge in [-0.05, 0) is 38.8 Å². The van der Waals surface area contributed by atoms with Gasteiger partial charge >= 0.3 is 0 Å². The lowest BCUT2D eigenvalue weighted by Crippen LogP contribution is -2.39. The van der Waals surface area contributed by atoms with Crippen molar-refractivity contribution < 1.29 is 13.2 Å². The summed E-state index contributed by atoms with van der Waals surface area (Å²) in [6, 6.07) is 9.13. The summed E-state index contributed by atoms with van der Waals surface area (Å²) in [4.78, 5) is 12.7. The number of nitrogens with one attached hydrogen (secondary N) is 2. The largest absolute Gasteiger partial charge is 0.320 e. The summed E-state index contributed by atoms with van der Waals surface area (Å²) < 4.78 is 27.8. The molecule has 0 radical (unpaired) electrons. The van der Waals surface area contributed by atoms with Crippen molar-refractivity contribution in [2.24, 2.45) is 0 Å². The maximum absolute atomic E-state index is 13.2. The molecule has 1 aliphatic heterocycles. The molecule has 0 aliphatic carbocycles. The quantitative estimate of drug-likeness (QED) is 0.622. The van der Waals surface area contributed by atoms with Crippen LogP contribution in [-0.4, -0.2) is 52.1 Å². The predicted molar refractivity (Wildman–Crippen MR) is 113 cm³/mol. The van der Waals surface area contributed by atoms with Gasteiger partial charge < -0.3 is 5.32 Å². The van der Waals surface area contributed by atoms with Crippen molar-refractivity contribution in [3.05, 3.63) is 51.7 Å². The molecular formula is C19H22N6O3S2. The standard InChI is InChI=1S/C19H22N6O3S2/c1-12-16(13(2)22-21-12)30(27,28)25-10-6-7-14(11-25)18-23-24-19(29-18)17(26)20-15-8-4-3-5-9-15/h3-5,8-9,14H,6-7,10-11H2,1-2H3,(H,20,26)(H,21,22). The molecule has 158 valence electrons. The zero-order valence-electron chi connectivity index (χ0n) is 16.6. The van der Waals surface area contributed by atoms with Gasteiger partial charge in [0.2, 0.25) is 15.0 Å². The number of piperidine rings is 1. The van der Waals surface area contributed by atoms with E-state index >= 15 is 0 Å². The van der Waals surface area contributed by atoms with Crippen LogP contribution >= 0.6 is 11.3 Å². The van der Waals surface area contributed by atoms with E-state index in [0.717, 1.165) is 6.42 Å². The third-order valence-electron chi connectivity index (χ3n) is 5.06. The first kappa shape index (κ1) is 20.6. The van der Waals surface area contributed by atoms with Gasteiger partial charge in [-0.1, -0.05) is 29.5 Å². The van der Waals surface area contributed by atoms with Crippen LogP contribution < -0.4 is 5.32 Å². The molecule has 9 nitrogen and oxygen atoms in total. The Bertz CT molecular complexity index is 1140. The zero-order valence-corrected chi connectivity index (χ0v) is 18.3. The van der Waals surface area contributed by atoms with Crippen molar-refractivity contribution in [1.29, 1.82) is 0 Å². The predicted octanol–water partition coefficient (Wildman–Crippen LogP) is 2.70.